The second-order valence-electron chi connectivity index (χ2n) is 9.25. The minimum absolute atomic E-state index is 0. The van der Waals surface area contributed by atoms with Gasteiger partial charge in [0.25, 0.3) is 0 Å². The van der Waals surface area contributed by atoms with Crippen LogP contribution in [0.1, 0.15) is 38.4 Å². The number of aromatic nitrogens is 1. The van der Waals surface area contributed by atoms with Crippen molar-refractivity contribution in [3.8, 4) is 10.4 Å². The molecule has 176 valence electrons. The number of benzene rings is 1. The molecular weight excluding hydrogens is 448 g/mol. The van der Waals surface area contributed by atoms with Crippen LogP contribution in [0.2, 0.25) is 0 Å². The number of hydrogen-bond acceptors (Lipinski definition) is 7. The molecule has 0 radical (unpaired) electrons. The first kappa shape index (κ1) is 26.4. The molecule has 1 aromatic heterocycles. The van der Waals surface area contributed by atoms with Gasteiger partial charge in [-0.05, 0) is 36.3 Å². The van der Waals surface area contributed by atoms with E-state index in [1.165, 1.54) is 4.88 Å². The van der Waals surface area contributed by atoms with E-state index < -0.39 is 29.6 Å². The van der Waals surface area contributed by atoms with Gasteiger partial charge in [-0.1, -0.05) is 45.0 Å². The molecule has 1 amide bonds. The number of nitrogens with one attached hydrogen (secondary N) is 2. The number of halogens is 1. The van der Waals surface area contributed by atoms with Gasteiger partial charge in [0.05, 0.1) is 40.3 Å². The summed E-state index contributed by atoms with van der Waals surface area (Å²) in [6, 6.07) is 6.13. The number of ketones is 1. The van der Waals surface area contributed by atoms with Gasteiger partial charge >= 0.3 is 0 Å². The van der Waals surface area contributed by atoms with Crippen molar-refractivity contribution in [1.29, 1.82) is 0 Å². The number of carbonyl (C=O) groups is 2. The maximum atomic E-state index is 12.6. The van der Waals surface area contributed by atoms with E-state index in [0.717, 1.165) is 16.8 Å². The highest BCUT2D eigenvalue weighted by Crippen LogP contribution is 2.27. The summed E-state index contributed by atoms with van der Waals surface area (Å²) in [4.78, 5) is 30.6. The van der Waals surface area contributed by atoms with Crippen molar-refractivity contribution >= 4 is 35.4 Å². The second-order valence-corrected chi connectivity index (χ2v) is 10.1. The van der Waals surface area contributed by atoms with Crippen molar-refractivity contribution in [1.82, 2.24) is 15.6 Å². The van der Waals surface area contributed by atoms with Crippen LogP contribution in [0.4, 0.5) is 0 Å². The van der Waals surface area contributed by atoms with Gasteiger partial charge in [0.1, 0.15) is 0 Å². The number of Topliss-reactive ketones (excluding diaryl/α,β-unsaturated/α-hetero) is 1. The van der Waals surface area contributed by atoms with E-state index in [1.54, 1.807) is 11.3 Å². The molecule has 1 aliphatic rings. The van der Waals surface area contributed by atoms with Gasteiger partial charge in [0, 0.05) is 6.54 Å². The molecule has 0 aliphatic carbocycles. The fourth-order valence-electron chi connectivity index (χ4n) is 3.70. The smallest absolute Gasteiger partial charge is 0.237 e. The Morgan fingerprint density at radius 2 is 1.97 bits per heavy atom. The zero-order valence-electron chi connectivity index (χ0n) is 18.9. The Morgan fingerprint density at radius 1 is 1.31 bits per heavy atom. The number of thiazole rings is 1. The van der Waals surface area contributed by atoms with Crippen LogP contribution >= 0.6 is 23.7 Å². The molecule has 32 heavy (non-hydrogen) atoms. The number of nitrogens with zero attached hydrogens (tertiary/aromatic N) is 1. The number of nitrogens with two attached hydrogens (primary N) is 1. The molecule has 1 aromatic carbocycles. The van der Waals surface area contributed by atoms with Crippen LogP contribution in [0, 0.1) is 12.3 Å². The van der Waals surface area contributed by atoms with Crippen molar-refractivity contribution in [2.24, 2.45) is 11.1 Å². The Labute approximate surface area is 199 Å². The van der Waals surface area contributed by atoms with Crippen molar-refractivity contribution < 1.29 is 14.7 Å². The molecular formula is C23H33ClN4O3S. The summed E-state index contributed by atoms with van der Waals surface area (Å²) in [5.74, 6) is -0.470. The second kappa shape index (κ2) is 10.9. The van der Waals surface area contributed by atoms with Gasteiger partial charge in [-0.3, -0.25) is 14.9 Å². The van der Waals surface area contributed by atoms with Crippen LogP contribution in [0.25, 0.3) is 10.4 Å². The zero-order chi connectivity index (χ0) is 22.8. The molecule has 1 aliphatic heterocycles. The van der Waals surface area contributed by atoms with Crippen LogP contribution in [0.5, 0.6) is 0 Å². The number of aliphatic hydroxyl groups excluding tert-OH is 1. The lowest BCUT2D eigenvalue weighted by molar-refractivity contribution is -0.126. The Hall–Kier alpha value is -1.84. The van der Waals surface area contributed by atoms with Crippen LogP contribution in [0.3, 0.4) is 0 Å². The van der Waals surface area contributed by atoms with Crippen LogP contribution < -0.4 is 16.4 Å². The normalized spacial score (nSPS) is 21.6. The van der Waals surface area contributed by atoms with E-state index in [1.807, 2.05) is 33.2 Å². The zero-order valence-corrected chi connectivity index (χ0v) is 20.6. The molecule has 7 nitrogen and oxygen atoms in total. The summed E-state index contributed by atoms with van der Waals surface area (Å²) < 4.78 is 0. The maximum absolute atomic E-state index is 12.6. The van der Waals surface area contributed by atoms with Crippen molar-refractivity contribution in [2.75, 3.05) is 6.54 Å². The predicted molar refractivity (Wildman–Crippen MR) is 130 cm³/mol. The Balaban J connectivity index is 0.00000363. The summed E-state index contributed by atoms with van der Waals surface area (Å²) in [6.45, 7) is 8.12. The summed E-state index contributed by atoms with van der Waals surface area (Å²) in [7, 11) is 0. The fourth-order valence-corrected chi connectivity index (χ4v) is 4.51. The summed E-state index contributed by atoms with van der Waals surface area (Å²) in [5.41, 5.74) is 10.8. The lowest BCUT2D eigenvalue weighted by Gasteiger charge is -2.29. The number of aliphatic hydroxyl groups is 1. The molecule has 2 heterocycles. The average molecular weight is 481 g/mol. The number of hydrogen-bond donors (Lipinski definition) is 4. The van der Waals surface area contributed by atoms with Gasteiger partial charge < -0.3 is 16.2 Å². The highest BCUT2D eigenvalue weighted by molar-refractivity contribution is 7.13. The average Bonchev–Trinajstić information content (AvgIpc) is 3.32. The van der Waals surface area contributed by atoms with Gasteiger partial charge in [0.15, 0.2) is 5.78 Å². The molecule has 5 N–H and O–H groups in total. The third-order valence-corrected chi connectivity index (χ3v) is 6.76. The molecule has 3 rings (SSSR count). The number of carbonyl (C=O) groups excluding carboxylic acids is 2. The van der Waals surface area contributed by atoms with Crippen LogP contribution in [-0.4, -0.2) is 52.6 Å². The first-order valence-corrected chi connectivity index (χ1v) is 11.5. The SMILES string of the molecule is Cc1ncsc1-c1ccc(CCNC(=O)C2CC(O)C(C(=O)[C@H](N)C(C)(C)C)N2)cc1.Cl. The molecule has 3 unspecified atom stereocenters. The molecule has 0 spiro atoms. The van der Waals surface area contributed by atoms with E-state index in [-0.39, 0.29) is 30.5 Å². The first-order chi connectivity index (χ1) is 14.6. The lowest BCUT2D eigenvalue weighted by atomic mass is 9.82. The monoisotopic (exact) mass is 480 g/mol. The highest BCUT2D eigenvalue weighted by atomic mass is 35.5. The Kier molecular flexibility index (Phi) is 8.96. The molecule has 1 saturated heterocycles. The van der Waals surface area contributed by atoms with Gasteiger partial charge in [-0.15, -0.1) is 23.7 Å². The molecule has 2 aromatic rings. The van der Waals surface area contributed by atoms with E-state index in [0.29, 0.717) is 13.0 Å². The minimum Gasteiger partial charge on any atom is -0.391 e. The molecule has 0 bridgehead atoms. The largest absolute Gasteiger partial charge is 0.391 e. The van der Waals surface area contributed by atoms with Gasteiger partial charge in [-0.25, -0.2) is 4.98 Å². The fraction of sp³-hybridized carbons (Fsp3) is 0.522. The van der Waals surface area contributed by atoms with Crippen LogP contribution in [-0.2, 0) is 16.0 Å². The third-order valence-electron chi connectivity index (χ3n) is 5.78. The first-order valence-electron chi connectivity index (χ1n) is 10.6. The number of amides is 1. The maximum Gasteiger partial charge on any atom is 0.237 e. The molecule has 4 atom stereocenters. The van der Waals surface area contributed by atoms with Gasteiger partial charge in [-0.2, -0.15) is 0 Å². The lowest BCUT2D eigenvalue weighted by Crippen LogP contribution is -2.54. The standard InChI is InChI=1S/C23H32N4O3S.ClH/c1-13-20(31-12-26-13)15-7-5-14(6-8-15)9-10-25-22(30)16-11-17(28)18(27-16)19(29)21(24)23(2,3)4;/h5-8,12,16-18,21,27-28H,9-11,24H2,1-4H3,(H,25,30);1H/t16?,17?,18?,21-;/m0./s1. The van der Waals surface area contributed by atoms with Crippen molar-refractivity contribution in [2.45, 2.75) is 64.8 Å². The quantitative estimate of drug-likeness (QED) is 0.482. The third kappa shape index (κ3) is 6.14. The molecule has 0 saturated carbocycles. The van der Waals surface area contributed by atoms with Crippen molar-refractivity contribution in [3.63, 3.8) is 0 Å². The summed E-state index contributed by atoms with van der Waals surface area (Å²) >= 11 is 1.62. The van der Waals surface area contributed by atoms with Crippen molar-refractivity contribution in [3.05, 3.63) is 41.0 Å². The number of aryl methyl sites for hydroxylation is 1. The van der Waals surface area contributed by atoms with E-state index in [4.69, 9.17) is 5.73 Å². The van der Waals surface area contributed by atoms with E-state index >= 15 is 0 Å². The number of rotatable bonds is 7. The van der Waals surface area contributed by atoms with E-state index in [2.05, 4.69) is 39.9 Å². The Morgan fingerprint density at radius 3 is 2.53 bits per heavy atom. The highest BCUT2D eigenvalue weighted by Gasteiger charge is 2.43. The minimum atomic E-state index is -0.917. The summed E-state index contributed by atoms with van der Waals surface area (Å²) in [5, 5.41) is 16.2. The molecule has 1 fully saturated rings. The summed E-state index contributed by atoms with van der Waals surface area (Å²) in [6.07, 6.45) is -0.0261. The Bertz CT molecular complexity index is 926. The van der Waals surface area contributed by atoms with Crippen LogP contribution in [0.15, 0.2) is 29.8 Å². The van der Waals surface area contributed by atoms with E-state index in [9.17, 15) is 14.7 Å². The topological polar surface area (TPSA) is 117 Å². The van der Waals surface area contributed by atoms with Gasteiger partial charge in [0.2, 0.25) is 5.91 Å². The predicted octanol–water partition coefficient (Wildman–Crippen LogP) is 2.23. The molecule has 9 heteroatoms.